The van der Waals surface area contributed by atoms with Crippen molar-refractivity contribution < 1.29 is 4.79 Å². The molecule has 0 aliphatic heterocycles. The average Bonchev–Trinajstić information content (AvgIpc) is 2.87. The Morgan fingerprint density at radius 2 is 2.17 bits per heavy atom. The molecule has 0 fully saturated rings. The van der Waals surface area contributed by atoms with Gasteiger partial charge in [-0.25, -0.2) is 0 Å². The zero-order valence-electron chi connectivity index (χ0n) is 10.8. The Morgan fingerprint density at radius 1 is 1.44 bits per heavy atom. The Morgan fingerprint density at radius 3 is 2.72 bits per heavy atom. The SMILES string of the molecule is Cc1sc(-n2cnnn2)c(C(=O)NC(C)C)c1C. The molecular weight excluding hydrogens is 250 g/mol. The molecule has 0 spiro atoms. The maximum atomic E-state index is 12.2. The van der Waals surface area contributed by atoms with Gasteiger partial charge in [-0.05, 0) is 43.7 Å². The van der Waals surface area contributed by atoms with Crippen LogP contribution in [0.2, 0.25) is 0 Å². The fourth-order valence-corrected chi connectivity index (χ4v) is 2.70. The van der Waals surface area contributed by atoms with Gasteiger partial charge >= 0.3 is 0 Å². The number of rotatable bonds is 3. The molecule has 0 saturated heterocycles. The molecule has 0 aromatic carbocycles. The van der Waals surface area contributed by atoms with Gasteiger partial charge in [0.2, 0.25) is 0 Å². The summed E-state index contributed by atoms with van der Waals surface area (Å²) in [6, 6.07) is 0.0961. The Hall–Kier alpha value is -1.76. The van der Waals surface area contributed by atoms with Crippen molar-refractivity contribution in [2.75, 3.05) is 0 Å². The number of aromatic nitrogens is 4. The van der Waals surface area contributed by atoms with Gasteiger partial charge in [0.1, 0.15) is 11.3 Å². The van der Waals surface area contributed by atoms with Crippen LogP contribution in [0.25, 0.3) is 5.00 Å². The summed E-state index contributed by atoms with van der Waals surface area (Å²) in [7, 11) is 0. The third kappa shape index (κ3) is 2.26. The lowest BCUT2D eigenvalue weighted by Crippen LogP contribution is -2.31. The highest BCUT2D eigenvalue weighted by atomic mass is 32.1. The smallest absolute Gasteiger partial charge is 0.254 e. The number of carbonyl (C=O) groups is 1. The van der Waals surface area contributed by atoms with Crippen LogP contribution in [-0.4, -0.2) is 32.2 Å². The maximum absolute atomic E-state index is 12.2. The number of hydrogen-bond donors (Lipinski definition) is 1. The fourth-order valence-electron chi connectivity index (χ4n) is 1.63. The summed E-state index contributed by atoms with van der Waals surface area (Å²) >= 11 is 1.51. The number of thiophene rings is 1. The number of hydrogen-bond acceptors (Lipinski definition) is 5. The number of nitrogens with zero attached hydrogens (tertiary/aromatic N) is 4. The summed E-state index contributed by atoms with van der Waals surface area (Å²) in [5.74, 6) is -0.0858. The van der Waals surface area contributed by atoms with E-state index >= 15 is 0 Å². The minimum atomic E-state index is -0.0858. The number of nitrogens with one attached hydrogen (secondary N) is 1. The minimum absolute atomic E-state index is 0.0858. The molecule has 1 amide bonds. The van der Waals surface area contributed by atoms with Crippen molar-refractivity contribution in [1.29, 1.82) is 0 Å². The van der Waals surface area contributed by atoms with Crippen LogP contribution in [0.15, 0.2) is 6.33 Å². The van der Waals surface area contributed by atoms with E-state index in [2.05, 4.69) is 20.8 Å². The van der Waals surface area contributed by atoms with E-state index in [0.29, 0.717) is 5.56 Å². The Kier molecular flexibility index (Phi) is 3.42. The summed E-state index contributed by atoms with van der Waals surface area (Å²) in [6.45, 7) is 7.79. The predicted molar refractivity (Wildman–Crippen MR) is 69.1 cm³/mol. The van der Waals surface area contributed by atoms with Crippen LogP contribution in [0.4, 0.5) is 0 Å². The first-order valence-electron chi connectivity index (χ1n) is 5.65. The standard InChI is InChI=1S/C11H15N5OS/c1-6(2)13-10(17)9-7(3)8(4)18-11(9)16-5-12-14-15-16/h5-6H,1-4H3,(H,13,17). The van der Waals surface area contributed by atoms with Crippen LogP contribution in [0.3, 0.4) is 0 Å². The molecule has 2 heterocycles. The van der Waals surface area contributed by atoms with Gasteiger partial charge in [-0.2, -0.15) is 4.68 Å². The van der Waals surface area contributed by atoms with Crippen LogP contribution < -0.4 is 5.32 Å². The maximum Gasteiger partial charge on any atom is 0.254 e. The van der Waals surface area contributed by atoms with Gasteiger partial charge in [-0.3, -0.25) is 4.79 Å². The second kappa shape index (κ2) is 4.85. The summed E-state index contributed by atoms with van der Waals surface area (Å²) in [5.41, 5.74) is 1.63. The lowest BCUT2D eigenvalue weighted by atomic mass is 10.1. The average molecular weight is 265 g/mol. The van der Waals surface area contributed by atoms with Crippen LogP contribution in [0, 0.1) is 13.8 Å². The molecule has 96 valence electrons. The molecule has 0 aliphatic rings. The van der Waals surface area contributed by atoms with Crippen molar-refractivity contribution in [3.63, 3.8) is 0 Å². The largest absolute Gasteiger partial charge is 0.350 e. The molecule has 2 aromatic heterocycles. The summed E-state index contributed by atoms with van der Waals surface area (Å²) in [5, 5.41) is 14.7. The van der Waals surface area contributed by atoms with Crippen molar-refractivity contribution in [2.24, 2.45) is 0 Å². The highest BCUT2D eigenvalue weighted by Gasteiger charge is 2.21. The molecule has 18 heavy (non-hydrogen) atoms. The number of tetrazole rings is 1. The molecule has 1 N–H and O–H groups in total. The van der Waals surface area contributed by atoms with Crippen LogP contribution in [0.1, 0.15) is 34.6 Å². The molecule has 0 bridgehead atoms. The van der Waals surface area contributed by atoms with Crippen LogP contribution >= 0.6 is 11.3 Å². The highest BCUT2D eigenvalue weighted by molar-refractivity contribution is 7.15. The molecular formula is C11H15N5OS. The molecule has 2 rings (SSSR count). The zero-order valence-corrected chi connectivity index (χ0v) is 11.6. The second-order valence-electron chi connectivity index (χ2n) is 4.35. The van der Waals surface area contributed by atoms with E-state index in [1.165, 1.54) is 22.3 Å². The van der Waals surface area contributed by atoms with Gasteiger partial charge in [-0.1, -0.05) is 0 Å². The van der Waals surface area contributed by atoms with Gasteiger partial charge in [0.25, 0.3) is 5.91 Å². The summed E-state index contributed by atoms with van der Waals surface area (Å²) in [6.07, 6.45) is 1.50. The van der Waals surface area contributed by atoms with Crippen molar-refractivity contribution in [1.82, 2.24) is 25.5 Å². The zero-order chi connectivity index (χ0) is 13.3. The quantitative estimate of drug-likeness (QED) is 0.912. The molecule has 0 radical (unpaired) electrons. The molecule has 2 aromatic rings. The first-order valence-corrected chi connectivity index (χ1v) is 6.46. The Bertz CT molecular complexity index is 558. The lowest BCUT2D eigenvalue weighted by molar-refractivity contribution is 0.0943. The van der Waals surface area contributed by atoms with Crippen LogP contribution in [-0.2, 0) is 0 Å². The van der Waals surface area contributed by atoms with Gasteiger partial charge in [0, 0.05) is 10.9 Å². The van der Waals surface area contributed by atoms with Crippen LogP contribution in [0.5, 0.6) is 0 Å². The van der Waals surface area contributed by atoms with Gasteiger partial charge in [0.15, 0.2) is 0 Å². The minimum Gasteiger partial charge on any atom is -0.350 e. The van der Waals surface area contributed by atoms with E-state index in [1.807, 2.05) is 27.7 Å². The molecule has 6 nitrogen and oxygen atoms in total. The van der Waals surface area contributed by atoms with E-state index < -0.39 is 0 Å². The molecule has 7 heteroatoms. The van der Waals surface area contributed by atoms with Crippen molar-refractivity contribution in [3.05, 3.63) is 22.3 Å². The topological polar surface area (TPSA) is 72.7 Å². The number of aryl methyl sites for hydroxylation is 1. The Balaban J connectivity index is 2.48. The normalized spacial score (nSPS) is 10.9. The fraction of sp³-hybridized carbons (Fsp3) is 0.455. The van der Waals surface area contributed by atoms with Gasteiger partial charge < -0.3 is 5.32 Å². The Labute approximate surface area is 109 Å². The molecule has 0 aliphatic carbocycles. The second-order valence-corrected chi connectivity index (χ2v) is 5.55. The number of carbonyl (C=O) groups excluding carboxylic acids is 1. The lowest BCUT2D eigenvalue weighted by Gasteiger charge is -2.09. The molecule has 0 unspecified atom stereocenters. The van der Waals surface area contributed by atoms with Crippen molar-refractivity contribution in [3.8, 4) is 5.00 Å². The van der Waals surface area contributed by atoms with E-state index in [9.17, 15) is 4.79 Å². The van der Waals surface area contributed by atoms with Crippen molar-refractivity contribution in [2.45, 2.75) is 33.7 Å². The summed E-state index contributed by atoms with van der Waals surface area (Å²) < 4.78 is 1.53. The third-order valence-electron chi connectivity index (χ3n) is 2.57. The molecule has 0 atom stereocenters. The van der Waals surface area contributed by atoms with E-state index in [4.69, 9.17) is 0 Å². The van der Waals surface area contributed by atoms with E-state index in [1.54, 1.807) is 0 Å². The third-order valence-corrected chi connectivity index (χ3v) is 3.77. The van der Waals surface area contributed by atoms with Crippen molar-refractivity contribution >= 4 is 17.2 Å². The first-order chi connectivity index (χ1) is 8.50. The van der Waals surface area contributed by atoms with E-state index in [0.717, 1.165) is 15.4 Å². The van der Waals surface area contributed by atoms with E-state index in [-0.39, 0.29) is 11.9 Å². The highest BCUT2D eigenvalue weighted by Crippen LogP contribution is 2.30. The van der Waals surface area contributed by atoms with Gasteiger partial charge in [-0.15, -0.1) is 16.4 Å². The monoisotopic (exact) mass is 265 g/mol. The van der Waals surface area contributed by atoms with Gasteiger partial charge in [0.05, 0.1) is 5.56 Å². The predicted octanol–water partition coefficient (Wildman–Crippen LogP) is 1.48. The number of amides is 1. The summed E-state index contributed by atoms with van der Waals surface area (Å²) in [4.78, 5) is 13.3. The molecule has 0 saturated carbocycles. The first kappa shape index (κ1) is 12.7.